The van der Waals surface area contributed by atoms with Gasteiger partial charge in [-0.3, -0.25) is 24.7 Å². The predicted octanol–water partition coefficient (Wildman–Crippen LogP) is 2.55. The van der Waals surface area contributed by atoms with Gasteiger partial charge in [0.05, 0.1) is 5.69 Å². The third-order valence-electron chi connectivity index (χ3n) is 6.50. The van der Waals surface area contributed by atoms with E-state index in [0.717, 1.165) is 40.9 Å². The molecule has 3 heterocycles. The summed E-state index contributed by atoms with van der Waals surface area (Å²) in [6.45, 7) is 1.84. The third-order valence-corrected chi connectivity index (χ3v) is 6.50. The summed E-state index contributed by atoms with van der Waals surface area (Å²) in [5.41, 5.74) is 5.43. The number of hydrogen-bond donors (Lipinski definition) is 3. The molecule has 178 valence electrons. The summed E-state index contributed by atoms with van der Waals surface area (Å²) in [6.07, 6.45) is 3.23. The number of carbonyl (C=O) groups excluding carboxylic acids is 3. The molecular formula is C27H26N4O4. The Morgan fingerprint density at radius 1 is 1.03 bits per heavy atom. The van der Waals surface area contributed by atoms with E-state index in [9.17, 15) is 19.5 Å². The van der Waals surface area contributed by atoms with Crippen LogP contribution in [0.4, 0.5) is 0 Å². The fourth-order valence-electron chi connectivity index (χ4n) is 4.60. The highest BCUT2D eigenvalue weighted by Crippen LogP contribution is 2.30. The zero-order chi connectivity index (χ0) is 24.4. The Labute approximate surface area is 203 Å². The van der Waals surface area contributed by atoms with Gasteiger partial charge in [-0.15, -0.1) is 0 Å². The maximum absolute atomic E-state index is 12.9. The number of phenols is 1. The van der Waals surface area contributed by atoms with Crippen LogP contribution in [0, 0.1) is 0 Å². The number of piperidine rings is 1. The second-order valence-electron chi connectivity index (χ2n) is 8.91. The molecule has 3 N–H and O–H groups in total. The van der Waals surface area contributed by atoms with E-state index in [1.807, 2.05) is 36.4 Å². The highest BCUT2D eigenvalue weighted by Gasteiger charge is 2.39. The number of benzene rings is 2. The molecule has 35 heavy (non-hydrogen) atoms. The maximum atomic E-state index is 12.9. The van der Waals surface area contributed by atoms with Crippen LogP contribution in [0.25, 0.3) is 11.3 Å². The fraction of sp³-hybridized carbons (Fsp3) is 0.259. The van der Waals surface area contributed by atoms with Crippen molar-refractivity contribution in [3.05, 3.63) is 83.0 Å². The summed E-state index contributed by atoms with van der Waals surface area (Å²) in [6, 6.07) is 16.2. The molecule has 8 heteroatoms. The Morgan fingerprint density at radius 2 is 1.86 bits per heavy atom. The average molecular weight is 471 g/mol. The van der Waals surface area contributed by atoms with Crippen molar-refractivity contribution in [3.63, 3.8) is 0 Å². The van der Waals surface area contributed by atoms with Gasteiger partial charge in [-0.25, -0.2) is 0 Å². The molecule has 0 radical (unpaired) electrons. The van der Waals surface area contributed by atoms with Gasteiger partial charge in [-0.05, 0) is 72.5 Å². The number of rotatable bonds is 7. The average Bonchev–Trinajstić information content (AvgIpc) is 3.18. The topological polar surface area (TPSA) is 112 Å². The van der Waals surface area contributed by atoms with Crippen molar-refractivity contribution in [2.75, 3.05) is 6.54 Å². The quantitative estimate of drug-likeness (QED) is 0.362. The highest BCUT2D eigenvalue weighted by atomic mass is 16.3. The smallest absolute Gasteiger partial charge is 0.255 e. The zero-order valence-electron chi connectivity index (χ0n) is 19.2. The number of phenolic OH excluding ortho intramolecular Hbond substituents is 1. The van der Waals surface area contributed by atoms with Crippen LogP contribution in [-0.2, 0) is 29.1 Å². The van der Waals surface area contributed by atoms with Crippen LogP contribution >= 0.6 is 0 Å². The molecule has 0 saturated carbocycles. The summed E-state index contributed by atoms with van der Waals surface area (Å²) in [5, 5.41) is 15.2. The van der Waals surface area contributed by atoms with Crippen molar-refractivity contribution in [2.24, 2.45) is 0 Å². The number of pyridine rings is 1. The second kappa shape index (κ2) is 9.68. The monoisotopic (exact) mass is 470 g/mol. The minimum atomic E-state index is -0.620. The fourth-order valence-corrected chi connectivity index (χ4v) is 4.60. The number of imide groups is 1. The van der Waals surface area contributed by atoms with Gasteiger partial charge in [-0.1, -0.05) is 18.2 Å². The van der Waals surface area contributed by atoms with Gasteiger partial charge in [0.25, 0.3) is 5.91 Å². The lowest BCUT2D eigenvalue weighted by Crippen LogP contribution is -2.52. The first kappa shape index (κ1) is 22.7. The molecule has 1 saturated heterocycles. The summed E-state index contributed by atoms with van der Waals surface area (Å²) in [4.78, 5) is 42.7. The van der Waals surface area contributed by atoms with E-state index in [1.54, 1.807) is 29.3 Å². The molecule has 1 atom stereocenters. The number of aromatic nitrogens is 1. The van der Waals surface area contributed by atoms with Crippen molar-refractivity contribution in [3.8, 4) is 17.0 Å². The van der Waals surface area contributed by atoms with Gasteiger partial charge in [-0.2, -0.15) is 0 Å². The lowest BCUT2D eigenvalue weighted by molar-refractivity contribution is -0.136. The molecule has 3 aromatic rings. The number of fused-ring (bicyclic) bond motifs is 1. The second-order valence-corrected chi connectivity index (χ2v) is 8.91. The Bertz CT molecular complexity index is 1290. The first-order chi connectivity index (χ1) is 17.0. The molecule has 2 aromatic carbocycles. The van der Waals surface area contributed by atoms with E-state index in [-0.39, 0.29) is 24.0 Å². The molecule has 5 rings (SSSR count). The van der Waals surface area contributed by atoms with Gasteiger partial charge >= 0.3 is 0 Å². The molecule has 1 aromatic heterocycles. The highest BCUT2D eigenvalue weighted by molar-refractivity contribution is 6.05. The van der Waals surface area contributed by atoms with E-state index in [2.05, 4.69) is 15.6 Å². The van der Waals surface area contributed by atoms with Gasteiger partial charge in [0.15, 0.2) is 0 Å². The first-order valence-corrected chi connectivity index (χ1v) is 11.7. The number of nitrogens with zero attached hydrogens (tertiary/aromatic N) is 2. The Morgan fingerprint density at radius 3 is 2.66 bits per heavy atom. The molecule has 0 spiro atoms. The molecule has 8 nitrogen and oxygen atoms in total. The van der Waals surface area contributed by atoms with E-state index < -0.39 is 11.9 Å². The lowest BCUT2D eigenvalue weighted by atomic mass is 10.0. The van der Waals surface area contributed by atoms with Gasteiger partial charge in [0, 0.05) is 36.8 Å². The predicted molar refractivity (Wildman–Crippen MR) is 129 cm³/mol. The molecule has 2 aliphatic heterocycles. The van der Waals surface area contributed by atoms with Crippen LogP contribution < -0.4 is 10.6 Å². The molecule has 1 fully saturated rings. The van der Waals surface area contributed by atoms with E-state index in [1.165, 1.54) is 0 Å². The Kier molecular flexibility index (Phi) is 6.29. The number of amides is 3. The van der Waals surface area contributed by atoms with Crippen LogP contribution in [0.1, 0.15) is 39.9 Å². The largest absolute Gasteiger partial charge is 0.508 e. The Balaban J connectivity index is 1.23. The maximum Gasteiger partial charge on any atom is 0.255 e. The van der Waals surface area contributed by atoms with Gasteiger partial charge in [0.2, 0.25) is 11.8 Å². The summed E-state index contributed by atoms with van der Waals surface area (Å²) in [5.74, 6) is -0.611. The minimum absolute atomic E-state index is 0.180. The molecule has 3 amide bonds. The summed E-state index contributed by atoms with van der Waals surface area (Å²) in [7, 11) is 0. The summed E-state index contributed by atoms with van der Waals surface area (Å²) < 4.78 is 0. The third kappa shape index (κ3) is 4.93. The van der Waals surface area contributed by atoms with Crippen LogP contribution in [0.5, 0.6) is 5.75 Å². The number of aromatic hydroxyl groups is 1. The minimum Gasteiger partial charge on any atom is -0.508 e. The van der Waals surface area contributed by atoms with E-state index in [0.29, 0.717) is 25.1 Å². The summed E-state index contributed by atoms with van der Waals surface area (Å²) >= 11 is 0. The molecular weight excluding hydrogens is 444 g/mol. The molecule has 0 bridgehead atoms. The molecule has 0 aliphatic carbocycles. The lowest BCUT2D eigenvalue weighted by Gasteiger charge is -2.29. The van der Waals surface area contributed by atoms with E-state index in [4.69, 9.17) is 0 Å². The van der Waals surface area contributed by atoms with Crippen LogP contribution in [0.2, 0.25) is 0 Å². The molecule has 2 aliphatic rings. The SMILES string of the molecule is O=C1CCC(N2Cc3cc(-c4cc(CNCCc5ccc(O)cc5)ccn4)ccc3C2=O)C(=O)N1. The van der Waals surface area contributed by atoms with E-state index >= 15 is 0 Å². The first-order valence-electron chi connectivity index (χ1n) is 11.7. The van der Waals surface area contributed by atoms with Gasteiger partial charge < -0.3 is 15.3 Å². The molecule has 1 unspecified atom stereocenters. The van der Waals surface area contributed by atoms with Crippen molar-refractivity contribution < 1.29 is 19.5 Å². The van der Waals surface area contributed by atoms with Crippen molar-refractivity contribution in [2.45, 2.75) is 38.4 Å². The van der Waals surface area contributed by atoms with Crippen molar-refractivity contribution >= 4 is 17.7 Å². The van der Waals surface area contributed by atoms with Crippen molar-refractivity contribution in [1.29, 1.82) is 0 Å². The number of hydrogen-bond acceptors (Lipinski definition) is 6. The van der Waals surface area contributed by atoms with Crippen LogP contribution in [0.15, 0.2) is 60.8 Å². The van der Waals surface area contributed by atoms with Crippen molar-refractivity contribution in [1.82, 2.24) is 20.5 Å². The number of carbonyl (C=O) groups is 3. The van der Waals surface area contributed by atoms with Crippen LogP contribution in [-0.4, -0.2) is 45.3 Å². The zero-order valence-corrected chi connectivity index (χ0v) is 19.2. The van der Waals surface area contributed by atoms with Crippen LogP contribution in [0.3, 0.4) is 0 Å². The number of nitrogens with one attached hydrogen (secondary N) is 2. The normalized spacial score (nSPS) is 17.4. The Hall–Kier alpha value is -4.04. The standard InChI is InChI=1S/C27H26N4O4/c32-21-4-1-17(2-5-21)9-11-28-15-18-10-12-29-23(13-18)19-3-6-22-20(14-19)16-31(27(22)35)24-7-8-25(33)30-26(24)34/h1-6,10,12-14,24,28,32H,7-9,11,15-16H2,(H,30,33,34). The van der Waals surface area contributed by atoms with Gasteiger partial charge in [0.1, 0.15) is 11.8 Å².